The molecule has 14 heavy (non-hydrogen) atoms. The smallest absolute Gasteiger partial charge is 0.00922 e. The van der Waals surface area contributed by atoms with Gasteiger partial charge >= 0.3 is 0 Å². The van der Waals surface area contributed by atoms with E-state index in [1.54, 1.807) is 0 Å². The summed E-state index contributed by atoms with van der Waals surface area (Å²) in [5.41, 5.74) is 5.54. The Labute approximate surface area is 88.8 Å². The molecule has 0 unspecified atom stereocenters. The van der Waals surface area contributed by atoms with Crippen molar-refractivity contribution >= 4 is 0 Å². The second-order valence-corrected chi connectivity index (χ2v) is 4.62. The van der Waals surface area contributed by atoms with Crippen molar-refractivity contribution in [1.82, 2.24) is 4.90 Å². The van der Waals surface area contributed by atoms with Crippen LogP contribution in [0.1, 0.15) is 51.4 Å². The van der Waals surface area contributed by atoms with Gasteiger partial charge in [0.1, 0.15) is 0 Å². The number of nitrogens with two attached hydrogens (primary N) is 1. The molecule has 0 aliphatic heterocycles. The molecule has 84 valence electrons. The Morgan fingerprint density at radius 3 is 2.21 bits per heavy atom. The molecular formula is C12H26N2. The Morgan fingerprint density at radius 2 is 1.64 bits per heavy atom. The van der Waals surface area contributed by atoms with Crippen molar-refractivity contribution in [2.45, 2.75) is 57.4 Å². The first-order valence-electron chi connectivity index (χ1n) is 6.25. The lowest BCUT2D eigenvalue weighted by Crippen LogP contribution is -2.33. The van der Waals surface area contributed by atoms with Gasteiger partial charge in [0.2, 0.25) is 0 Å². The van der Waals surface area contributed by atoms with Gasteiger partial charge in [-0.1, -0.05) is 32.1 Å². The molecule has 2 nitrogen and oxygen atoms in total. The largest absolute Gasteiger partial charge is 0.330 e. The molecule has 0 aromatic heterocycles. The highest BCUT2D eigenvalue weighted by atomic mass is 15.1. The Morgan fingerprint density at radius 1 is 1.07 bits per heavy atom. The SMILES string of the molecule is CN(CCCN)C1CCCCCCC1. The summed E-state index contributed by atoms with van der Waals surface area (Å²) in [5, 5.41) is 0. The normalized spacial score (nSPS) is 20.8. The van der Waals surface area contributed by atoms with Gasteiger partial charge in [-0.3, -0.25) is 0 Å². The van der Waals surface area contributed by atoms with Crippen LogP contribution in [-0.2, 0) is 0 Å². The van der Waals surface area contributed by atoms with Crippen LogP contribution in [-0.4, -0.2) is 31.1 Å². The molecule has 2 N–H and O–H groups in total. The summed E-state index contributed by atoms with van der Waals surface area (Å²) in [6, 6.07) is 0.835. The van der Waals surface area contributed by atoms with Crippen molar-refractivity contribution in [2.24, 2.45) is 5.73 Å². The number of nitrogens with zero attached hydrogens (tertiary/aromatic N) is 1. The summed E-state index contributed by atoms with van der Waals surface area (Å²) in [7, 11) is 2.27. The first-order chi connectivity index (χ1) is 6.84. The van der Waals surface area contributed by atoms with Crippen molar-refractivity contribution in [1.29, 1.82) is 0 Å². The third-order valence-corrected chi connectivity index (χ3v) is 3.41. The molecule has 0 radical (unpaired) electrons. The van der Waals surface area contributed by atoms with E-state index in [4.69, 9.17) is 5.73 Å². The average molecular weight is 198 g/mol. The predicted octanol–water partition coefficient (Wildman–Crippen LogP) is 2.38. The molecule has 1 aliphatic carbocycles. The second kappa shape index (κ2) is 7.24. The minimum absolute atomic E-state index is 0.830. The molecule has 0 bridgehead atoms. The van der Waals surface area contributed by atoms with E-state index in [0.717, 1.165) is 19.0 Å². The van der Waals surface area contributed by atoms with E-state index in [1.807, 2.05) is 0 Å². The lowest BCUT2D eigenvalue weighted by molar-refractivity contribution is 0.202. The van der Waals surface area contributed by atoms with E-state index < -0.39 is 0 Å². The van der Waals surface area contributed by atoms with Gasteiger partial charge < -0.3 is 10.6 Å². The topological polar surface area (TPSA) is 29.3 Å². The minimum Gasteiger partial charge on any atom is -0.330 e. The van der Waals surface area contributed by atoms with Crippen LogP contribution in [0, 0.1) is 0 Å². The molecule has 0 amide bonds. The molecule has 0 aromatic rings. The quantitative estimate of drug-likeness (QED) is 0.751. The Bertz CT molecular complexity index is 128. The third-order valence-electron chi connectivity index (χ3n) is 3.41. The Kier molecular flexibility index (Phi) is 6.20. The van der Waals surface area contributed by atoms with Crippen molar-refractivity contribution in [3.05, 3.63) is 0 Å². The highest BCUT2D eigenvalue weighted by Crippen LogP contribution is 2.20. The molecule has 0 saturated heterocycles. The molecule has 1 saturated carbocycles. The van der Waals surface area contributed by atoms with Crippen molar-refractivity contribution in [3.8, 4) is 0 Å². The fourth-order valence-electron chi connectivity index (χ4n) is 2.40. The first-order valence-corrected chi connectivity index (χ1v) is 6.25. The maximum Gasteiger partial charge on any atom is 0.00922 e. The molecule has 0 spiro atoms. The lowest BCUT2D eigenvalue weighted by atomic mass is 9.96. The van der Waals surface area contributed by atoms with Gasteiger partial charge in [0.05, 0.1) is 0 Å². The standard InChI is InChI=1S/C12H26N2/c1-14(11-7-10-13)12-8-5-3-2-4-6-9-12/h12H,2-11,13H2,1H3. The molecule has 0 atom stereocenters. The van der Waals surface area contributed by atoms with Gasteiger partial charge in [0, 0.05) is 6.04 Å². The van der Waals surface area contributed by atoms with E-state index in [0.29, 0.717) is 0 Å². The van der Waals surface area contributed by atoms with Crippen LogP contribution >= 0.6 is 0 Å². The van der Waals surface area contributed by atoms with E-state index in [1.165, 1.54) is 51.5 Å². The van der Waals surface area contributed by atoms with Crippen LogP contribution in [0.25, 0.3) is 0 Å². The number of hydrogen-bond acceptors (Lipinski definition) is 2. The van der Waals surface area contributed by atoms with Gasteiger partial charge in [-0.05, 0) is 39.4 Å². The predicted molar refractivity (Wildman–Crippen MR) is 62.4 cm³/mol. The Hall–Kier alpha value is -0.0800. The van der Waals surface area contributed by atoms with Crippen LogP contribution in [0.4, 0.5) is 0 Å². The number of hydrogen-bond donors (Lipinski definition) is 1. The lowest BCUT2D eigenvalue weighted by Gasteiger charge is -2.29. The molecule has 1 aliphatic rings. The maximum atomic E-state index is 5.54. The first kappa shape index (κ1) is 12.0. The van der Waals surface area contributed by atoms with Crippen molar-refractivity contribution < 1.29 is 0 Å². The summed E-state index contributed by atoms with van der Waals surface area (Å²) in [4.78, 5) is 2.53. The van der Waals surface area contributed by atoms with Crippen molar-refractivity contribution in [3.63, 3.8) is 0 Å². The molecule has 1 rings (SSSR count). The molecular weight excluding hydrogens is 172 g/mol. The third kappa shape index (κ3) is 4.43. The van der Waals surface area contributed by atoms with E-state index >= 15 is 0 Å². The zero-order chi connectivity index (χ0) is 10.2. The average Bonchev–Trinajstić information content (AvgIpc) is 2.13. The molecule has 0 heterocycles. The summed E-state index contributed by atoms with van der Waals surface area (Å²) in [5.74, 6) is 0. The molecule has 2 heteroatoms. The van der Waals surface area contributed by atoms with E-state index in [2.05, 4.69) is 11.9 Å². The summed E-state index contributed by atoms with van der Waals surface area (Å²) in [6.07, 6.45) is 11.2. The van der Waals surface area contributed by atoms with Crippen LogP contribution in [0.3, 0.4) is 0 Å². The zero-order valence-electron chi connectivity index (χ0n) is 9.67. The molecule has 1 fully saturated rings. The van der Waals surface area contributed by atoms with Crippen LogP contribution in [0.15, 0.2) is 0 Å². The van der Waals surface area contributed by atoms with Gasteiger partial charge in [-0.2, -0.15) is 0 Å². The highest BCUT2D eigenvalue weighted by Gasteiger charge is 2.15. The fraction of sp³-hybridized carbons (Fsp3) is 1.00. The van der Waals surface area contributed by atoms with E-state index in [-0.39, 0.29) is 0 Å². The van der Waals surface area contributed by atoms with Gasteiger partial charge in [-0.15, -0.1) is 0 Å². The summed E-state index contributed by atoms with van der Waals surface area (Å²) in [6.45, 7) is 2.01. The number of rotatable bonds is 4. The van der Waals surface area contributed by atoms with Gasteiger partial charge in [-0.25, -0.2) is 0 Å². The van der Waals surface area contributed by atoms with Gasteiger partial charge in [0.15, 0.2) is 0 Å². The van der Waals surface area contributed by atoms with Crippen LogP contribution < -0.4 is 5.73 Å². The maximum absolute atomic E-state index is 5.54. The van der Waals surface area contributed by atoms with Crippen LogP contribution in [0.5, 0.6) is 0 Å². The van der Waals surface area contributed by atoms with Crippen molar-refractivity contribution in [2.75, 3.05) is 20.1 Å². The highest BCUT2D eigenvalue weighted by molar-refractivity contribution is 4.71. The summed E-state index contributed by atoms with van der Waals surface area (Å²) < 4.78 is 0. The van der Waals surface area contributed by atoms with Gasteiger partial charge in [0.25, 0.3) is 0 Å². The fourth-order valence-corrected chi connectivity index (χ4v) is 2.40. The molecule has 0 aromatic carbocycles. The second-order valence-electron chi connectivity index (χ2n) is 4.62. The van der Waals surface area contributed by atoms with E-state index in [9.17, 15) is 0 Å². The monoisotopic (exact) mass is 198 g/mol. The zero-order valence-corrected chi connectivity index (χ0v) is 9.67. The minimum atomic E-state index is 0.830. The Balaban J connectivity index is 2.23. The van der Waals surface area contributed by atoms with Crippen LogP contribution in [0.2, 0.25) is 0 Å². The summed E-state index contributed by atoms with van der Waals surface area (Å²) >= 11 is 0.